The van der Waals surface area contributed by atoms with Crippen molar-refractivity contribution in [1.29, 1.82) is 0 Å². The molecule has 4 nitrogen and oxygen atoms in total. The first-order valence-corrected chi connectivity index (χ1v) is 6.08. The van der Waals surface area contributed by atoms with Crippen LogP contribution < -0.4 is 0 Å². The van der Waals surface area contributed by atoms with Gasteiger partial charge in [0.15, 0.2) is 0 Å². The summed E-state index contributed by atoms with van der Waals surface area (Å²) in [6.07, 6.45) is 2.02. The Labute approximate surface area is 98.1 Å². The third-order valence-electron chi connectivity index (χ3n) is 2.06. The number of carbonyl (C=O) groups excluding carboxylic acids is 1. The van der Waals surface area contributed by atoms with Gasteiger partial charge in [0.05, 0.1) is 18.7 Å². The highest BCUT2D eigenvalue weighted by Crippen LogP contribution is 2.31. The molecule has 1 aliphatic heterocycles. The molecule has 1 aromatic rings. The van der Waals surface area contributed by atoms with E-state index in [9.17, 15) is 4.79 Å². The van der Waals surface area contributed by atoms with Gasteiger partial charge in [-0.25, -0.2) is 4.98 Å². The first-order chi connectivity index (χ1) is 7.79. The predicted molar refractivity (Wildman–Crippen MR) is 63.3 cm³/mol. The summed E-state index contributed by atoms with van der Waals surface area (Å²) in [7, 11) is 0. The molecule has 1 aromatic heterocycles. The van der Waals surface area contributed by atoms with Gasteiger partial charge in [-0.05, 0) is 19.1 Å². The molecule has 0 aromatic carbocycles. The lowest BCUT2D eigenvalue weighted by molar-refractivity contribution is -0.141. The lowest BCUT2D eigenvalue weighted by atomic mass is 10.3. The summed E-state index contributed by atoms with van der Waals surface area (Å²) in [6.45, 7) is 2.21. The normalized spacial score (nSPS) is 13.9. The lowest BCUT2D eigenvalue weighted by Gasteiger charge is -2.13. The molecule has 0 N–H and O–H groups in total. The minimum absolute atomic E-state index is 0.214. The first-order valence-electron chi connectivity index (χ1n) is 5.09. The minimum atomic E-state index is -0.214. The average Bonchev–Trinajstić information content (AvgIpc) is 2.29. The van der Waals surface area contributed by atoms with Crippen LogP contribution in [0.15, 0.2) is 28.3 Å². The van der Waals surface area contributed by atoms with Crippen LogP contribution in [0, 0.1) is 0 Å². The van der Waals surface area contributed by atoms with Crippen LogP contribution in [0.25, 0.3) is 0 Å². The zero-order valence-electron chi connectivity index (χ0n) is 8.97. The van der Waals surface area contributed by atoms with Crippen LogP contribution in [0.4, 0.5) is 5.69 Å². The summed E-state index contributed by atoms with van der Waals surface area (Å²) in [6, 6.07) is 3.75. The maximum atomic E-state index is 11.3. The molecule has 0 bridgehead atoms. The second-order valence-corrected chi connectivity index (χ2v) is 4.24. The summed E-state index contributed by atoms with van der Waals surface area (Å²) in [5.41, 5.74) is 1.70. The molecule has 0 spiro atoms. The predicted octanol–water partition coefficient (Wildman–Crippen LogP) is 2.21. The second kappa shape index (κ2) is 5.12. The van der Waals surface area contributed by atoms with E-state index >= 15 is 0 Å². The Morgan fingerprint density at radius 2 is 2.50 bits per heavy atom. The van der Waals surface area contributed by atoms with E-state index in [0.29, 0.717) is 12.4 Å². The lowest BCUT2D eigenvalue weighted by Crippen LogP contribution is -2.14. The van der Waals surface area contributed by atoms with Crippen molar-refractivity contribution in [3.8, 4) is 0 Å². The summed E-state index contributed by atoms with van der Waals surface area (Å²) in [4.78, 5) is 19.9. The van der Waals surface area contributed by atoms with E-state index < -0.39 is 0 Å². The van der Waals surface area contributed by atoms with Crippen LogP contribution in [-0.2, 0) is 9.53 Å². The summed E-state index contributed by atoms with van der Waals surface area (Å²) >= 11 is 1.61. The third-order valence-corrected chi connectivity index (χ3v) is 3.12. The Hall–Kier alpha value is -1.36. The van der Waals surface area contributed by atoms with Crippen LogP contribution in [0.3, 0.4) is 0 Å². The van der Waals surface area contributed by atoms with Gasteiger partial charge in [0.2, 0.25) is 0 Å². The van der Waals surface area contributed by atoms with Crippen LogP contribution >= 0.6 is 11.8 Å². The van der Waals surface area contributed by atoms with Gasteiger partial charge in [0.1, 0.15) is 5.03 Å². The standard InChI is InChI=1S/C11H12N2O2S/c1-2-15-10(14)6-8-7-16-11-9(13-8)4-3-5-12-11/h3-5H,2,6-7H2,1H3. The maximum absolute atomic E-state index is 11.3. The molecule has 0 radical (unpaired) electrons. The number of hydrogen-bond acceptors (Lipinski definition) is 5. The van der Waals surface area contributed by atoms with Crippen molar-refractivity contribution in [3.63, 3.8) is 0 Å². The van der Waals surface area contributed by atoms with E-state index in [1.165, 1.54) is 0 Å². The molecule has 5 heteroatoms. The van der Waals surface area contributed by atoms with Gasteiger partial charge in [0.25, 0.3) is 0 Å². The van der Waals surface area contributed by atoms with E-state index in [1.807, 2.05) is 12.1 Å². The minimum Gasteiger partial charge on any atom is -0.466 e. The molecule has 0 aliphatic carbocycles. The number of thioether (sulfide) groups is 1. The average molecular weight is 236 g/mol. The molecule has 2 heterocycles. The molecule has 0 saturated heterocycles. The van der Waals surface area contributed by atoms with Crippen molar-refractivity contribution in [2.45, 2.75) is 18.4 Å². The summed E-state index contributed by atoms with van der Waals surface area (Å²) in [5, 5.41) is 0.926. The van der Waals surface area contributed by atoms with Gasteiger partial charge in [-0.1, -0.05) is 11.8 Å². The number of rotatable bonds is 3. The monoisotopic (exact) mass is 236 g/mol. The molecule has 0 amide bonds. The van der Waals surface area contributed by atoms with Crippen molar-refractivity contribution < 1.29 is 9.53 Å². The Kier molecular flexibility index (Phi) is 3.56. The molecule has 2 rings (SSSR count). The Bertz CT molecular complexity index is 432. The number of hydrogen-bond donors (Lipinski definition) is 0. The maximum Gasteiger partial charge on any atom is 0.311 e. The van der Waals surface area contributed by atoms with E-state index in [2.05, 4.69) is 9.98 Å². The fourth-order valence-electron chi connectivity index (χ4n) is 1.40. The second-order valence-electron chi connectivity index (χ2n) is 3.28. The zero-order valence-corrected chi connectivity index (χ0v) is 9.79. The van der Waals surface area contributed by atoms with E-state index in [0.717, 1.165) is 16.4 Å². The van der Waals surface area contributed by atoms with Crippen LogP contribution in [-0.4, -0.2) is 29.0 Å². The molecular weight excluding hydrogens is 224 g/mol. The quantitative estimate of drug-likeness (QED) is 0.755. The van der Waals surface area contributed by atoms with Crippen LogP contribution in [0.5, 0.6) is 0 Å². The largest absolute Gasteiger partial charge is 0.466 e. The smallest absolute Gasteiger partial charge is 0.311 e. The van der Waals surface area contributed by atoms with Gasteiger partial charge in [0, 0.05) is 17.7 Å². The number of carbonyl (C=O) groups is 1. The first kappa shape index (κ1) is 11.1. The van der Waals surface area contributed by atoms with E-state index in [-0.39, 0.29) is 12.4 Å². The fourth-order valence-corrected chi connectivity index (χ4v) is 2.27. The van der Waals surface area contributed by atoms with Crippen LogP contribution in [0.1, 0.15) is 13.3 Å². The van der Waals surface area contributed by atoms with Crippen molar-refractivity contribution in [1.82, 2.24) is 4.98 Å². The molecule has 0 saturated carbocycles. The highest BCUT2D eigenvalue weighted by Gasteiger charge is 2.16. The summed E-state index contributed by atoms with van der Waals surface area (Å²) in [5.74, 6) is 0.497. The van der Waals surface area contributed by atoms with Gasteiger partial charge in [-0.15, -0.1) is 0 Å². The number of nitrogens with zero attached hydrogens (tertiary/aromatic N) is 2. The highest BCUT2D eigenvalue weighted by atomic mass is 32.2. The highest BCUT2D eigenvalue weighted by molar-refractivity contribution is 8.00. The number of pyridine rings is 1. The van der Waals surface area contributed by atoms with Gasteiger partial charge >= 0.3 is 5.97 Å². The van der Waals surface area contributed by atoms with Crippen molar-refractivity contribution in [2.24, 2.45) is 4.99 Å². The zero-order chi connectivity index (χ0) is 11.4. The topological polar surface area (TPSA) is 51.5 Å². The summed E-state index contributed by atoms with van der Waals surface area (Å²) < 4.78 is 4.89. The van der Waals surface area contributed by atoms with E-state index in [4.69, 9.17) is 4.74 Å². The molecule has 84 valence electrons. The van der Waals surface area contributed by atoms with E-state index in [1.54, 1.807) is 24.9 Å². The molecule has 16 heavy (non-hydrogen) atoms. The Balaban J connectivity index is 2.09. The number of ether oxygens (including phenoxy) is 1. The van der Waals surface area contributed by atoms with Crippen molar-refractivity contribution in [2.75, 3.05) is 12.4 Å². The number of aromatic nitrogens is 1. The molecule has 1 aliphatic rings. The van der Waals surface area contributed by atoms with Gasteiger partial charge < -0.3 is 4.74 Å². The third kappa shape index (κ3) is 2.61. The SMILES string of the molecule is CCOC(=O)CC1=Nc2cccnc2SC1. The van der Waals surface area contributed by atoms with Crippen LogP contribution in [0.2, 0.25) is 0 Å². The Morgan fingerprint density at radius 1 is 1.62 bits per heavy atom. The number of esters is 1. The molecular formula is C11H12N2O2S. The number of aliphatic imine (C=N–C) groups is 1. The Morgan fingerprint density at radius 3 is 3.31 bits per heavy atom. The fraction of sp³-hybridized carbons (Fsp3) is 0.364. The molecule has 0 fully saturated rings. The molecule has 0 unspecified atom stereocenters. The van der Waals surface area contributed by atoms with Gasteiger partial charge in [-0.3, -0.25) is 9.79 Å². The number of fused-ring (bicyclic) bond motifs is 1. The van der Waals surface area contributed by atoms with Crippen molar-refractivity contribution >= 4 is 29.1 Å². The molecule has 0 atom stereocenters. The van der Waals surface area contributed by atoms with Crippen molar-refractivity contribution in [3.05, 3.63) is 18.3 Å². The van der Waals surface area contributed by atoms with Gasteiger partial charge in [-0.2, -0.15) is 0 Å².